The molecule has 0 radical (unpaired) electrons. The van der Waals surface area contributed by atoms with Gasteiger partial charge in [-0.3, -0.25) is 14.6 Å². The number of aliphatic hydroxyl groups is 1. The molecule has 0 aromatic heterocycles. The van der Waals surface area contributed by atoms with Crippen molar-refractivity contribution in [2.75, 3.05) is 13.1 Å². The molecule has 1 aliphatic rings. The third-order valence-corrected chi connectivity index (χ3v) is 5.33. The maximum Gasteiger partial charge on any atom is 0.243 e. The Balaban J connectivity index is 1.94. The van der Waals surface area contributed by atoms with E-state index in [-0.39, 0.29) is 17.8 Å². The van der Waals surface area contributed by atoms with Crippen LogP contribution in [0.2, 0.25) is 0 Å². The summed E-state index contributed by atoms with van der Waals surface area (Å²) in [6.45, 7) is 2.55. The molecule has 1 saturated heterocycles. The predicted octanol–water partition coefficient (Wildman–Crippen LogP) is -0.533. The average molecular weight is 419 g/mol. The van der Waals surface area contributed by atoms with Gasteiger partial charge in [-0.05, 0) is 44.6 Å². The molecule has 0 spiro atoms. The topological polar surface area (TPSA) is 160 Å². The van der Waals surface area contributed by atoms with E-state index < -0.39 is 24.2 Å². The molecule has 1 aliphatic heterocycles. The van der Waals surface area contributed by atoms with Gasteiger partial charge in [0.25, 0.3) is 0 Å². The van der Waals surface area contributed by atoms with E-state index in [1.165, 1.54) is 0 Å². The molecule has 166 valence electrons. The number of likely N-dealkylation sites (tertiary alicyclic amines) is 1. The zero-order valence-electron chi connectivity index (χ0n) is 17.5. The quantitative estimate of drug-likeness (QED) is 0.195. The van der Waals surface area contributed by atoms with Crippen LogP contribution in [-0.2, 0) is 16.0 Å². The zero-order valence-corrected chi connectivity index (χ0v) is 17.5. The van der Waals surface area contributed by atoms with Crippen molar-refractivity contribution in [1.82, 2.24) is 10.2 Å². The van der Waals surface area contributed by atoms with Gasteiger partial charge in [0.05, 0.1) is 18.2 Å². The van der Waals surface area contributed by atoms with Crippen LogP contribution in [-0.4, -0.2) is 65.1 Å². The number of aliphatic imine (C=N–C) groups is 1. The highest BCUT2D eigenvalue weighted by molar-refractivity contribution is 5.90. The number of carbonyl (C=O) groups excluding carboxylic acids is 2. The SMILES string of the molecule is C[C@@H](O)[C@H](CCCN=C(N)N)NC(=O)[C@@H]1CCCN1C(=O)[C@H](N)Cc1ccccc1. The molecule has 0 saturated carbocycles. The number of aliphatic hydroxyl groups excluding tert-OH is 1. The van der Waals surface area contributed by atoms with Gasteiger partial charge in [-0.25, -0.2) is 0 Å². The van der Waals surface area contributed by atoms with Gasteiger partial charge in [0.1, 0.15) is 6.04 Å². The third-order valence-electron chi connectivity index (χ3n) is 5.33. The second-order valence-electron chi connectivity index (χ2n) is 7.79. The smallest absolute Gasteiger partial charge is 0.243 e. The minimum absolute atomic E-state index is 0.0135. The van der Waals surface area contributed by atoms with E-state index >= 15 is 0 Å². The lowest BCUT2D eigenvalue weighted by Crippen LogP contribution is -2.54. The number of nitrogens with one attached hydrogen (secondary N) is 1. The van der Waals surface area contributed by atoms with Crippen molar-refractivity contribution < 1.29 is 14.7 Å². The Morgan fingerprint density at radius 3 is 2.63 bits per heavy atom. The number of rotatable bonds is 10. The van der Waals surface area contributed by atoms with Crippen LogP contribution in [0.25, 0.3) is 0 Å². The molecule has 0 unspecified atom stereocenters. The monoisotopic (exact) mass is 418 g/mol. The van der Waals surface area contributed by atoms with Crippen molar-refractivity contribution >= 4 is 17.8 Å². The number of guanidine groups is 1. The third kappa shape index (κ3) is 7.00. The van der Waals surface area contributed by atoms with Gasteiger partial charge in [0, 0.05) is 13.1 Å². The lowest BCUT2D eigenvalue weighted by atomic mass is 10.0. The predicted molar refractivity (Wildman–Crippen MR) is 116 cm³/mol. The van der Waals surface area contributed by atoms with Crippen molar-refractivity contribution in [2.45, 2.75) is 63.3 Å². The first-order valence-electron chi connectivity index (χ1n) is 10.4. The van der Waals surface area contributed by atoms with Crippen LogP contribution in [0.5, 0.6) is 0 Å². The molecule has 1 aromatic rings. The number of benzene rings is 1. The van der Waals surface area contributed by atoms with Crippen LogP contribution in [0.1, 0.15) is 38.2 Å². The molecule has 1 fully saturated rings. The Hall–Kier alpha value is -2.65. The van der Waals surface area contributed by atoms with Gasteiger partial charge in [-0.2, -0.15) is 0 Å². The highest BCUT2D eigenvalue weighted by atomic mass is 16.3. The number of carbonyl (C=O) groups is 2. The van der Waals surface area contributed by atoms with Gasteiger partial charge in [-0.15, -0.1) is 0 Å². The van der Waals surface area contributed by atoms with E-state index in [0.29, 0.717) is 38.8 Å². The molecule has 9 nitrogen and oxygen atoms in total. The van der Waals surface area contributed by atoms with Crippen molar-refractivity contribution in [3.05, 3.63) is 35.9 Å². The number of hydrogen-bond acceptors (Lipinski definition) is 5. The molecule has 30 heavy (non-hydrogen) atoms. The van der Waals surface area contributed by atoms with Gasteiger partial charge in [0.15, 0.2) is 5.96 Å². The molecule has 2 amide bonds. The van der Waals surface area contributed by atoms with Crippen LogP contribution in [0.15, 0.2) is 35.3 Å². The Morgan fingerprint density at radius 2 is 2.00 bits per heavy atom. The summed E-state index contributed by atoms with van der Waals surface area (Å²) in [5.74, 6) is -0.474. The molecule has 0 bridgehead atoms. The number of hydrogen-bond donors (Lipinski definition) is 5. The minimum atomic E-state index is -0.737. The summed E-state index contributed by atoms with van der Waals surface area (Å²) in [4.78, 5) is 31.2. The van der Waals surface area contributed by atoms with Gasteiger partial charge in [-0.1, -0.05) is 30.3 Å². The normalized spacial score (nSPS) is 19.0. The maximum atomic E-state index is 12.9. The summed E-state index contributed by atoms with van der Waals surface area (Å²) in [7, 11) is 0. The fourth-order valence-electron chi connectivity index (χ4n) is 3.70. The van der Waals surface area contributed by atoms with E-state index in [1.807, 2.05) is 30.3 Å². The van der Waals surface area contributed by atoms with Crippen LogP contribution < -0.4 is 22.5 Å². The zero-order chi connectivity index (χ0) is 22.1. The number of amides is 2. The minimum Gasteiger partial charge on any atom is -0.391 e. The first kappa shape index (κ1) is 23.6. The molecule has 4 atom stereocenters. The summed E-state index contributed by atoms with van der Waals surface area (Å²) in [5.41, 5.74) is 17.8. The van der Waals surface area contributed by atoms with Crippen LogP contribution in [0.4, 0.5) is 0 Å². The lowest BCUT2D eigenvalue weighted by Gasteiger charge is -2.29. The van der Waals surface area contributed by atoms with E-state index in [0.717, 1.165) is 12.0 Å². The summed E-state index contributed by atoms with van der Waals surface area (Å²) in [6.07, 6.45) is 2.14. The average Bonchev–Trinajstić information content (AvgIpc) is 3.19. The van der Waals surface area contributed by atoms with Crippen LogP contribution in [0, 0.1) is 0 Å². The Morgan fingerprint density at radius 1 is 1.30 bits per heavy atom. The van der Waals surface area contributed by atoms with Gasteiger partial charge >= 0.3 is 0 Å². The van der Waals surface area contributed by atoms with E-state index in [4.69, 9.17) is 17.2 Å². The summed E-state index contributed by atoms with van der Waals surface area (Å²) >= 11 is 0. The Kier molecular flexibility index (Phi) is 9.07. The molecule has 1 aromatic carbocycles. The summed E-state index contributed by atoms with van der Waals surface area (Å²) in [5, 5.41) is 12.9. The maximum absolute atomic E-state index is 12.9. The fraction of sp³-hybridized carbons (Fsp3) is 0.571. The van der Waals surface area contributed by atoms with Crippen molar-refractivity contribution in [3.8, 4) is 0 Å². The number of nitrogens with zero attached hydrogens (tertiary/aromatic N) is 2. The van der Waals surface area contributed by atoms with Crippen molar-refractivity contribution in [3.63, 3.8) is 0 Å². The first-order valence-corrected chi connectivity index (χ1v) is 10.4. The highest BCUT2D eigenvalue weighted by Crippen LogP contribution is 2.20. The molecule has 1 heterocycles. The second-order valence-corrected chi connectivity index (χ2v) is 7.79. The molecule has 0 aliphatic carbocycles. The second kappa shape index (κ2) is 11.5. The lowest BCUT2D eigenvalue weighted by molar-refractivity contribution is -0.140. The van der Waals surface area contributed by atoms with Crippen molar-refractivity contribution in [1.29, 1.82) is 0 Å². The van der Waals surface area contributed by atoms with Crippen LogP contribution in [0.3, 0.4) is 0 Å². The van der Waals surface area contributed by atoms with Crippen molar-refractivity contribution in [2.24, 2.45) is 22.2 Å². The van der Waals surface area contributed by atoms with Gasteiger partial charge < -0.3 is 32.5 Å². The largest absolute Gasteiger partial charge is 0.391 e. The summed E-state index contributed by atoms with van der Waals surface area (Å²) in [6, 6.07) is 7.86. The Labute approximate surface area is 177 Å². The standard InChI is InChI=1S/C21H34N6O3/c1-14(28)17(9-5-11-25-21(23)24)26-19(29)18-10-6-12-27(18)20(30)16(22)13-15-7-3-2-4-8-15/h2-4,7-8,14,16-18,28H,5-6,9-13,22H2,1H3,(H,26,29)(H4,23,24,25)/t14-,16-,17+,18+/m1/s1. The van der Waals surface area contributed by atoms with E-state index in [9.17, 15) is 14.7 Å². The first-order chi connectivity index (χ1) is 14.3. The molecular weight excluding hydrogens is 384 g/mol. The summed E-state index contributed by atoms with van der Waals surface area (Å²) < 4.78 is 0. The van der Waals surface area contributed by atoms with E-state index in [1.54, 1.807) is 11.8 Å². The fourth-order valence-corrected chi connectivity index (χ4v) is 3.70. The van der Waals surface area contributed by atoms with E-state index in [2.05, 4.69) is 10.3 Å². The molecule has 2 rings (SSSR count). The van der Waals surface area contributed by atoms with Crippen LogP contribution >= 0.6 is 0 Å². The Bertz CT molecular complexity index is 721. The highest BCUT2D eigenvalue weighted by Gasteiger charge is 2.37. The number of nitrogens with two attached hydrogens (primary N) is 3. The molecule has 9 heteroatoms. The molecular formula is C21H34N6O3. The molecule has 8 N–H and O–H groups in total. The van der Waals surface area contributed by atoms with Gasteiger partial charge in [0.2, 0.25) is 11.8 Å².